The van der Waals surface area contributed by atoms with Crippen molar-refractivity contribution in [2.75, 3.05) is 23.9 Å². The molecule has 1 aliphatic heterocycles. The minimum Gasteiger partial charge on any atom is -0.334 e. The molecule has 2 rings (SSSR count). The third kappa shape index (κ3) is 3.43. The van der Waals surface area contributed by atoms with Gasteiger partial charge in [-0.2, -0.15) is 11.8 Å². The molecule has 1 aromatic rings. The molecular formula is C13H14ClFN2O2S. The van der Waals surface area contributed by atoms with E-state index in [-0.39, 0.29) is 16.8 Å². The normalized spacial score (nSPS) is 17.9. The summed E-state index contributed by atoms with van der Waals surface area (Å²) in [5.74, 6) is -0.0456. The number of halogens is 2. The summed E-state index contributed by atoms with van der Waals surface area (Å²) in [6.07, 6.45) is 0.886. The van der Waals surface area contributed by atoms with Gasteiger partial charge in [0.1, 0.15) is 5.82 Å². The monoisotopic (exact) mass is 316 g/mol. The van der Waals surface area contributed by atoms with Crippen LogP contribution in [0, 0.1) is 5.82 Å². The maximum Gasteiger partial charge on any atom is 0.313 e. The molecular weight excluding hydrogens is 303 g/mol. The second-order valence-corrected chi connectivity index (χ2v) is 6.07. The van der Waals surface area contributed by atoms with Gasteiger partial charge in [-0.05, 0) is 30.4 Å². The highest BCUT2D eigenvalue weighted by atomic mass is 35.5. The van der Waals surface area contributed by atoms with Gasteiger partial charge in [-0.25, -0.2) is 4.39 Å². The van der Waals surface area contributed by atoms with Crippen molar-refractivity contribution < 1.29 is 14.0 Å². The van der Waals surface area contributed by atoms with Gasteiger partial charge < -0.3 is 10.2 Å². The molecule has 1 N–H and O–H groups in total. The van der Waals surface area contributed by atoms with E-state index < -0.39 is 17.6 Å². The topological polar surface area (TPSA) is 49.4 Å². The molecule has 0 aliphatic carbocycles. The molecule has 0 saturated carbocycles. The first kappa shape index (κ1) is 15.1. The molecule has 0 aromatic heterocycles. The van der Waals surface area contributed by atoms with E-state index in [0.29, 0.717) is 0 Å². The average molecular weight is 317 g/mol. The predicted molar refractivity (Wildman–Crippen MR) is 78.5 cm³/mol. The molecule has 4 nitrogen and oxygen atoms in total. The van der Waals surface area contributed by atoms with Crippen molar-refractivity contribution >= 4 is 40.9 Å². The second-order valence-electron chi connectivity index (χ2n) is 4.51. The number of nitrogens with zero attached hydrogens (tertiary/aromatic N) is 1. The lowest BCUT2D eigenvalue weighted by molar-refractivity contribution is -0.143. The number of carbonyl (C=O) groups excluding carboxylic acids is 2. The second kappa shape index (κ2) is 6.45. The van der Waals surface area contributed by atoms with E-state index in [2.05, 4.69) is 5.32 Å². The molecule has 1 saturated heterocycles. The summed E-state index contributed by atoms with van der Waals surface area (Å²) in [5, 5.41) is 2.47. The Labute approximate surface area is 125 Å². The van der Waals surface area contributed by atoms with Crippen LogP contribution in [0.2, 0.25) is 5.02 Å². The summed E-state index contributed by atoms with van der Waals surface area (Å²) in [4.78, 5) is 25.3. The van der Waals surface area contributed by atoms with E-state index >= 15 is 0 Å². The maximum absolute atomic E-state index is 12.9. The lowest BCUT2D eigenvalue weighted by atomic mass is 10.2. The predicted octanol–water partition coefficient (Wildman–Crippen LogP) is 2.38. The number of nitrogens with one attached hydrogen (secondary N) is 1. The van der Waals surface area contributed by atoms with Crippen molar-refractivity contribution in [3.8, 4) is 0 Å². The number of amides is 2. The van der Waals surface area contributed by atoms with Gasteiger partial charge in [-0.15, -0.1) is 0 Å². The Bertz CT molecular complexity index is 535. The van der Waals surface area contributed by atoms with Crippen LogP contribution in [0.25, 0.3) is 0 Å². The number of benzene rings is 1. The van der Waals surface area contributed by atoms with Crippen molar-refractivity contribution in [3.05, 3.63) is 29.0 Å². The Morgan fingerprint density at radius 1 is 1.50 bits per heavy atom. The average Bonchev–Trinajstić information content (AvgIpc) is 2.94. The number of anilines is 1. The molecule has 1 atom stereocenters. The van der Waals surface area contributed by atoms with E-state index in [1.807, 2.05) is 0 Å². The van der Waals surface area contributed by atoms with Crippen LogP contribution in [-0.2, 0) is 9.59 Å². The number of carbonyl (C=O) groups is 2. The highest BCUT2D eigenvalue weighted by molar-refractivity contribution is 7.99. The Morgan fingerprint density at radius 3 is 2.85 bits per heavy atom. The molecule has 1 heterocycles. The molecule has 0 unspecified atom stereocenters. The third-order valence-corrected chi connectivity index (χ3v) is 4.60. The smallest absolute Gasteiger partial charge is 0.313 e. The summed E-state index contributed by atoms with van der Waals surface area (Å²) in [5.41, 5.74) is 0.223. The molecule has 1 aromatic carbocycles. The molecule has 0 bridgehead atoms. The Morgan fingerprint density at radius 2 is 2.25 bits per heavy atom. The van der Waals surface area contributed by atoms with Gasteiger partial charge in [-0.3, -0.25) is 9.59 Å². The van der Waals surface area contributed by atoms with Crippen LogP contribution in [-0.4, -0.2) is 41.3 Å². The molecule has 20 heavy (non-hydrogen) atoms. The summed E-state index contributed by atoms with van der Waals surface area (Å²) in [7, 11) is 1.62. The molecule has 7 heteroatoms. The Hall–Kier alpha value is -1.27. The van der Waals surface area contributed by atoms with Crippen LogP contribution in [0.15, 0.2) is 18.2 Å². The maximum atomic E-state index is 12.9. The van der Waals surface area contributed by atoms with Gasteiger partial charge in [0.2, 0.25) is 0 Å². The van der Waals surface area contributed by atoms with Gasteiger partial charge in [-0.1, -0.05) is 11.6 Å². The van der Waals surface area contributed by atoms with Gasteiger partial charge >= 0.3 is 11.8 Å². The number of likely N-dealkylation sites (N-methyl/N-ethyl adjacent to an activating group) is 1. The van der Waals surface area contributed by atoms with Crippen LogP contribution in [0.3, 0.4) is 0 Å². The van der Waals surface area contributed by atoms with E-state index in [1.54, 1.807) is 18.8 Å². The quantitative estimate of drug-likeness (QED) is 0.852. The molecule has 2 amide bonds. The van der Waals surface area contributed by atoms with Gasteiger partial charge in [0.05, 0.1) is 10.7 Å². The number of rotatable bonds is 2. The number of thioether (sulfide) groups is 1. The summed E-state index contributed by atoms with van der Waals surface area (Å²) >= 11 is 7.56. The van der Waals surface area contributed by atoms with Crippen LogP contribution in [0.5, 0.6) is 0 Å². The minimum absolute atomic E-state index is 0.0604. The Balaban J connectivity index is 2.01. The lowest BCUT2D eigenvalue weighted by Gasteiger charge is -2.23. The third-order valence-electron chi connectivity index (χ3n) is 3.15. The molecule has 0 spiro atoms. The molecule has 1 fully saturated rings. The van der Waals surface area contributed by atoms with E-state index in [1.165, 1.54) is 17.0 Å². The van der Waals surface area contributed by atoms with Crippen molar-refractivity contribution in [1.29, 1.82) is 0 Å². The van der Waals surface area contributed by atoms with Gasteiger partial charge in [0, 0.05) is 18.8 Å². The SMILES string of the molecule is CN(C(=O)C(=O)Nc1ccc(F)cc1Cl)[C@H]1CCSC1. The Kier molecular flexibility index (Phi) is 4.88. The number of hydrogen-bond acceptors (Lipinski definition) is 3. The highest BCUT2D eigenvalue weighted by Crippen LogP contribution is 2.24. The first-order valence-electron chi connectivity index (χ1n) is 6.10. The summed E-state index contributed by atoms with van der Waals surface area (Å²) in [6.45, 7) is 0. The fraction of sp³-hybridized carbons (Fsp3) is 0.385. The summed E-state index contributed by atoms with van der Waals surface area (Å²) < 4.78 is 12.9. The zero-order chi connectivity index (χ0) is 14.7. The van der Waals surface area contributed by atoms with Crippen LogP contribution in [0.1, 0.15) is 6.42 Å². The lowest BCUT2D eigenvalue weighted by Crippen LogP contribution is -2.43. The zero-order valence-electron chi connectivity index (χ0n) is 10.9. The highest BCUT2D eigenvalue weighted by Gasteiger charge is 2.28. The van der Waals surface area contributed by atoms with Crippen LogP contribution < -0.4 is 5.32 Å². The van der Waals surface area contributed by atoms with Crippen molar-refractivity contribution in [2.45, 2.75) is 12.5 Å². The van der Waals surface area contributed by atoms with Crippen LogP contribution in [0.4, 0.5) is 10.1 Å². The summed E-state index contributed by atoms with van der Waals surface area (Å²) in [6, 6.07) is 3.67. The van der Waals surface area contributed by atoms with Gasteiger partial charge in [0.25, 0.3) is 0 Å². The zero-order valence-corrected chi connectivity index (χ0v) is 12.4. The minimum atomic E-state index is -0.766. The fourth-order valence-corrected chi connectivity index (χ4v) is 3.40. The standard InChI is InChI=1S/C13H14ClFN2O2S/c1-17(9-4-5-20-7-9)13(19)12(18)16-11-3-2-8(15)6-10(11)14/h2-3,6,9H,4-5,7H2,1H3,(H,16,18)/t9-/m0/s1. The molecule has 108 valence electrons. The largest absolute Gasteiger partial charge is 0.334 e. The van der Waals surface area contributed by atoms with Crippen molar-refractivity contribution in [2.24, 2.45) is 0 Å². The first-order valence-corrected chi connectivity index (χ1v) is 7.63. The van der Waals surface area contributed by atoms with Crippen molar-refractivity contribution in [3.63, 3.8) is 0 Å². The van der Waals surface area contributed by atoms with Gasteiger partial charge in [0.15, 0.2) is 0 Å². The van der Waals surface area contributed by atoms with E-state index in [0.717, 1.165) is 24.0 Å². The first-order chi connectivity index (χ1) is 9.49. The fourth-order valence-electron chi connectivity index (χ4n) is 1.92. The molecule has 1 aliphatic rings. The van der Waals surface area contributed by atoms with E-state index in [9.17, 15) is 14.0 Å². The number of hydrogen-bond donors (Lipinski definition) is 1. The van der Waals surface area contributed by atoms with E-state index in [4.69, 9.17) is 11.6 Å². The van der Waals surface area contributed by atoms with Crippen molar-refractivity contribution in [1.82, 2.24) is 4.90 Å². The molecule has 0 radical (unpaired) electrons. The van der Waals surface area contributed by atoms with Crippen LogP contribution >= 0.6 is 23.4 Å².